The van der Waals surface area contributed by atoms with Gasteiger partial charge in [-0.2, -0.15) is 0 Å². The monoisotopic (exact) mass is 752 g/mol. The third kappa shape index (κ3) is 7.22. The van der Waals surface area contributed by atoms with Crippen LogP contribution in [0.15, 0.2) is 84.9 Å². The predicted octanol–water partition coefficient (Wildman–Crippen LogP) is 10.4. The molecule has 4 nitrogen and oxygen atoms in total. The van der Waals surface area contributed by atoms with Gasteiger partial charge in [0, 0.05) is 42.4 Å². The molecule has 0 atom stereocenters. The fraction of sp³-hybridized carbons (Fsp3) is 0.342. The molecule has 43 heavy (non-hydrogen) atoms. The molecule has 0 aliphatic rings. The summed E-state index contributed by atoms with van der Waals surface area (Å²) in [7, 11) is 0. The van der Waals surface area contributed by atoms with Crippen molar-refractivity contribution in [2.24, 2.45) is 10.8 Å². The number of ketones is 1. The summed E-state index contributed by atoms with van der Waals surface area (Å²) in [5.74, 6) is 0.286. The molecule has 0 bridgehead atoms. The number of nitrogens with zero attached hydrogens (tertiary/aromatic N) is 2. The van der Waals surface area contributed by atoms with E-state index in [4.69, 9.17) is 0 Å². The first-order valence-corrected chi connectivity index (χ1v) is 15.1. The second kappa shape index (κ2) is 14.4. The molecule has 0 spiro atoms. The van der Waals surface area contributed by atoms with Gasteiger partial charge in [0.1, 0.15) is 12.1 Å². The van der Waals surface area contributed by atoms with Crippen LogP contribution >= 0.6 is 0 Å². The average molecular weight is 752 g/mol. The molecule has 5 aromatic rings. The SMILES string of the molecule is CCC(C)(CC)C(=O)/C=C(\O)C(C)(CC)CC.Cc1ccc2ccc3c(-c4[c-]cc5ccccc5c4)ncnc3c2c1.[Ir]. The van der Waals surface area contributed by atoms with E-state index in [1.165, 1.54) is 33.2 Å². The summed E-state index contributed by atoms with van der Waals surface area (Å²) in [6, 6.07) is 26.6. The van der Waals surface area contributed by atoms with Crippen molar-refractivity contribution in [3.63, 3.8) is 0 Å². The number of allylic oxidation sites excluding steroid dienone is 2. The molecule has 0 aliphatic carbocycles. The van der Waals surface area contributed by atoms with Crippen molar-refractivity contribution >= 4 is 38.2 Å². The van der Waals surface area contributed by atoms with Crippen molar-refractivity contribution in [3.8, 4) is 11.3 Å². The van der Waals surface area contributed by atoms with Gasteiger partial charge < -0.3 is 5.11 Å². The molecule has 0 amide bonds. The number of aryl methyl sites for hydroxylation is 1. The number of fused-ring (bicyclic) bond motifs is 4. The molecule has 0 aliphatic heterocycles. The molecule has 5 rings (SSSR count). The van der Waals surface area contributed by atoms with Crippen molar-refractivity contribution in [3.05, 3.63) is 96.5 Å². The maximum absolute atomic E-state index is 12.2. The number of carbonyl (C=O) groups is 1. The van der Waals surface area contributed by atoms with Gasteiger partial charge in [0.2, 0.25) is 0 Å². The summed E-state index contributed by atoms with van der Waals surface area (Å²) < 4.78 is 0. The summed E-state index contributed by atoms with van der Waals surface area (Å²) >= 11 is 0. The number of aromatic nitrogens is 2. The Labute approximate surface area is 270 Å². The second-order valence-electron chi connectivity index (χ2n) is 11.8. The van der Waals surface area contributed by atoms with Gasteiger partial charge in [-0.05, 0) is 55.1 Å². The number of hydrogen-bond donors (Lipinski definition) is 1. The Morgan fingerprint density at radius 3 is 2.09 bits per heavy atom. The van der Waals surface area contributed by atoms with Gasteiger partial charge in [0.25, 0.3) is 0 Å². The van der Waals surface area contributed by atoms with E-state index in [-0.39, 0.29) is 42.5 Å². The van der Waals surface area contributed by atoms with E-state index >= 15 is 0 Å². The minimum Gasteiger partial charge on any atom is -0.512 e. The molecule has 0 saturated carbocycles. The molecule has 1 N–H and O–H groups in total. The molecule has 1 aromatic heterocycles. The van der Waals surface area contributed by atoms with Crippen LogP contribution in [0.2, 0.25) is 0 Å². The number of carbonyl (C=O) groups excluding carboxylic acids is 1. The van der Waals surface area contributed by atoms with Gasteiger partial charge in [0.05, 0.1) is 5.52 Å². The van der Waals surface area contributed by atoms with Crippen LogP contribution in [-0.2, 0) is 24.9 Å². The van der Waals surface area contributed by atoms with Gasteiger partial charge in [0.15, 0.2) is 5.78 Å². The number of aliphatic hydroxyl groups excluding tert-OH is 1. The third-order valence-electron chi connectivity index (χ3n) is 9.31. The molecule has 1 radical (unpaired) electrons. The first-order valence-electron chi connectivity index (χ1n) is 15.1. The number of rotatable bonds is 8. The van der Waals surface area contributed by atoms with Crippen LogP contribution in [0.25, 0.3) is 43.7 Å². The van der Waals surface area contributed by atoms with Crippen molar-refractivity contribution in [1.82, 2.24) is 9.97 Å². The Balaban J connectivity index is 0.000000250. The molecule has 0 unspecified atom stereocenters. The minimum atomic E-state index is -0.337. The van der Waals surface area contributed by atoms with Crippen LogP contribution in [0, 0.1) is 23.8 Å². The van der Waals surface area contributed by atoms with Crippen LogP contribution in [0.4, 0.5) is 0 Å². The third-order valence-corrected chi connectivity index (χ3v) is 9.31. The Kier molecular flexibility index (Phi) is 11.4. The molecular formula is C38H43IrN2O2-. The van der Waals surface area contributed by atoms with E-state index in [0.717, 1.165) is 47.8 Å². The first-order chi connectivity index (χ1) is 20.1. The molecule has 4 aromatic carbocycles. The first kappa shape index (κ1) is 34.1. The fourth-order valence-corrected chi connectivity index (χ4v) is 5.12. The smallest absolute Gasteiger partial charge is 0.164 e. The van der Waals surface area contributed by atoms with E-state index in [1.54, 1.807) is 6.33 Å². The standard InChI is InChI=1S/C23H15N2.C15H28O2.Ir/c1-15-6-7-17-10-11-20-22(24-14-25-23(20)21(17)12-15)19-9-8-16-4-2-3-5-18(16)13-19;1-7-14(5,8-2)12(16)11-13(17)15(6,9-3)10-4;/h2-8,10-14H,1H3;11,16H,7-10H2,1-6H3;/q-1;;/b;12-11-;. The van der Waals surface area contributed by atoms with Crippen LogP contribution in [0.1, 0.15) is 72.8 Å². The van der Waals surface area contributed by atoms with Crippen molar-refractivity contribution < 1.29 is 30.0 Å². The topological polar surface area (TPSA) is 63.1 Å². The molecule has 227 valence electrons. The maximum atomic E-state index is 12.2. The predicted molar refractivity (Wildman–Crippen MR) is 177 cm³/mol. The Bertz CT molecular complexity index is 1750. The summed E-state index contributed by atoms with van der Waals surface area (Å²) in [5.41, 5.74) is 3.55. The summed E-state index contributed by atoms with van der Waals surface area (Å²) in [4.78, 5) is 21.3. The Morgan fingerprint density at radius 2 is 1.44 bits per heavy atom. The van der Waals surface area contributed by atoms with Gasteiger partial charge >= 0.3 is 0 Å². The Hall–Kier alpha value is -3.40. The second-order valence-corrected chi connectivity index (χ2v) is 11.8. The molecule has 5 heteroatoms. The van der Waals surface area contributed by atoms with E-state index in [1.807, 2.05) is 53.7 Å². The van der Waals surface area contributed by atoms with Gasteiger partial charge in [-0.15, -0.1) is 29.1 Å². The van der Waals surface area contributed by atoms with E-state index in [2.05, 4.69) is 77.6 Å². The van der Waals surface area contributed by atoms with Crippen LogP contribution in [-0.4, -0.2) is 20.9 Å². The number of hydrogen-bond acceptors (Lipinski definition) is 4. The van der Waals surface area contributed by atoms with E-state index in [0.29, 0.717) is 0 Å². The number of aliphatic hydroxyl groups is 1. The average Bonchev–Trinajstić information content (AvgIpc) is 3.03. The summed E-state index contributed by atoms with van der Waals surface area (Å²) in [6.07, 6.45) is 6.41. The Morgan fingerprint density at radius 1 is 0.814 bits per heavy atom. The van der Waals surface area contributed by atoms with Gasteiger partial charge in [-0.3, -0.25) is 9.78 Å². The van der Waals surface area contributed by atoms with Crippen LogP contribution in [0.5, 0.6) is 0 Å². The maximum Gasteiger partial charge on any atom is 0.164 e. The molecule has 0 fully saturated rings. The minimum absolute atomic E-state index is 0. The molecule has 1 heterocycles. The van der Waals surface area contributed by atoms with Crippen molar-refractivity contribution in [2.45, 2.75) is 74.1 Å². The normalized spacial score (nSPS) is 12.1. The van der Waals surface area contributed by atoms with Gasteiger partial charge in [-0.1, -0.05) is 101 Å². The number of benzene rings is 4. The largest absolute Gasteiger partial charge is 0.512 e. The van der Waals surface area contributed by atoms with Crippen LogP contribution in [0.3, 0.4) is 0 Å². The van der Waals surface area contributed by atoms with Crippen molar-refractivity contribution in [2.75, 3.05) is 0 Å². The van der Waals surface area contributed by atoms with Gasteiger partial charge in [-0.25, -0.2) is 4.98 Å². The van der Waals surface area contributed by atoms with E-state index < -0.39 is 0 Å². The summed E-state index contributed by atoms with van der Waals surface area (Å²) in [6.45, 7) is 14.2. The molecule has 0 saturated heterocycles. The van der Waals surface area contributed by atoms with Crippen LogP contribution < -0.4 is 0 Å². The zero-order chi connectivity index (χ0) is 30.5. The van der Waals surface area contributed by atoms with Crippen molar-refractivity contribution in [1.29, 1.82) is 0 Å². The quantitative estimate of drug-likeness (QED) is 0.0742. The molecular weight excluding hydrogens is 709 g/mol. The zero-order valence-electron chi connectivity index (χ0n) is 26.4. The summed E-state index contributed by atoms with van der Waals surface area (Å²) in [5, 5.41) is 15.9. The van der Waals surface area contributed by atoms with E-state index in [9.17, 15) is 9.90 Å². The zero-order valence-corrected chi connectivity index (χ0v) is 28.8. The fourth-order valence-electron chi connectivity index (χ4n) is 5.12.